The van der Waals surface area contributed by atoms with Gasteiger partial charge in [0.25, 0.3) is 0 Å². The molecule has 0 aliphatic carbocycles. The van der Waals surface area contributed by atoms with Crippen LogP contribution >= 0.6 is 0 Å². The SMILES string of the molecule is COc1ccc(OCCn2c(CCCCCNC(=O)CCc3ccccc3)nc3ccccc32)cc1. The molecule has 0 fully saturated rings. The smallest absolute Gasteiger partial charge is 0.220 e. The topological polar surface area (TPSA) is 65.4 Å². The van der Waals surface area contributed by atoms with E-state index in [0.29, 0.717) is 13.0 Å². The second-order valence-corrected chi connectivity index (χ2v) is 8.84. The highest BCUT2D eigenvalue weighted by Gasteiger charge is 2.10. The first-order valence-electron chi connectivity index (χ1n) is 12.7. The van der Waals surface area contributed by atoms with E-state index < -0.39 is 0 Å². The summed E-state index contributed by atoms with van der Waals surface area (Å²) in [5.74, 6) is 2.85. The largest absolute Gasteiger partial charge is 0.497 e. The highest BCUT2D eigenvalue weighted by Crippen LogP contribution is 2.20. The molecule has 0 radical (unpaired) electrons. The highest BCUT2D eigenvalue weighted by atomic mass is 16.5. The number of aryl methyl sites for hydroxylation is 2. The molecule has 0 saturated heterocycles. The second-order valence-electron chi connectivity index (χ2n) is 8.84. The fraction of sp³-hybridized carbons (Fsp3) is 0.333. The lowest BCUT2D eigenvalue weighted by molar-refractivity contribution is -0.121. The third-order valence-electron chi connectivity index (χ3n) is 6.26. The minimum atomic E-state index is 0.123. The van der Waals surface area contributed by atoms with E-state index in [2.05, 4.69) is 40.2 Å². The van der Waals surface area contributed by atoms with Crippen LogP contribution in [0.2, 0.25) is 0 Å². The van der Waals surface area contributed by atoms with Gasteiger partial charge < -0.3 is 19.4 Å². The Morgan fingerprint density at radius 2 is 1.61 bits per heavy atom. The van der Waals surface area contributed by atoms with Gasteiger partial charge in [-0.05, 0) is 61.2 Å². The summed E-state index contributed by atoms with van der Waals surface area (Å²) in [4.78, 5) is 17.0. The van der Waals surface area contributed by atoms with Gasteiger partial charge in [-0.2, -0.15) is 0 Å². The molecule has 0 aliphatic rings. The van der Waals surface area contributed by atoms with E-state index in [0.717, 1.165) is 73.6 Å². The van der Waals surface area contributed by atoms with Gasteiger partial charge in [0.2, 0.25) is 5.91 Å². The molecule has 0 aliphatic heterocycles. The van der Waals surface area contributed by atoms with Gasteiger partial charge in [-0.3, -0.25) is 4.79 Å². The molecule has 0 saturated carbocycles. The number of hydrogen-bond acceptors (Lipinski definition) is 4. The number of para-hydroxylation sites is 2. The monoisotopic (exact) mass is 485 g/mol. The number of hydrogen-bond donors (Lipinski definition) is 1. The summed E-state index contributed by atoms with van der Waals surface area (Å²) in [7, 11) is 1.66. The molecule has 4 rings (SSSR count). The minimum absolute atomic E-state index is 0.123. The number of aromatic nitrogens is 2. The van der Waals surface area contributed by atoms with Crippen LogP contribution in [-0.2, 0) is 24.2 Å². The number of benzene rings is 3. The van der Waals surface area contributed by atoms with Crippen molar-refractivity contribution in [1.82, 2.24) is 14.9 Å². The number of ether oxygens (including phenoxy) is 2. The number of rotatable bonds is 14. The van der Waals surface area contributed by atoms with Crippen LogP contribution in [0.1, 0.15) is 37.1 Å². The third-order valence-corrected chi connectivity index (χ3v) is 6.26. The minimum Gasteiger partial charge on any atom is -0.497 e. The Morgan fingerprint density at radius 1 is 0.861 bits per heavy atom. The first-order chi connectivity index (χ1) is 17.7. The summed E-state index contributed by atoms with van der Waals surface area (Å²) in [6.45, 7) is 2.02. The Labute approximate surface area is 213 Å². The van der Waals surface area contributed by atoms with Crippen molar-refractivity contribution in [3.05, 3.63) is 90.3 Å². The molecular weight excluding hydrogens is 450 g/mol. The number of unbranched alkanes of at least 4 members (excludes halogenated alkanes) is 2. The van der Waals surface area contributed by atoms with Gasteiger partial charge in [-0.25, -0.2) is 4.98 Å². The molecule has 4 aromatic rings. The summed E-state index contributed by atoms with van der Waals surface area (Å²) in [5.41, 5.74) is 3.35. The van der Waals surface area contributed by atoms with Crippen molar-refractivity contribution in [3.63, 3.8) is 0 Å². The van der Waals surface area contributed by atoms with Crippen molar-refractivity contribution in [2.45, 2.75) is 45.1 Å². The van der Waals surface area contributed by atoms with Crippen LogP contribution in [0.3, 0.4) is 0 Å². The zero-order chi connectivity index (χ0) is 25.0. The normalized spacial score (nSPS) is 10.9. The Balaban J connectivity index is 1.20. The first kappa shape index (κ1) is 25.3. The Hall–Kier alpha value is -3.80. The van der Waals surface area contributed by atoms with Crippen molar-refractivity contribution in [1.29, 1.82) is 0 Å². The van der Waals surface area contributed by atoms with E-state index >= 15 is 0 Å². The Kier molecular flexibility index (Phi) is 9.37. The molecule has 0 unspecified atom stereocenters. The zero-order valence-electron chi connectivity index (χ0n) is 21.0. The lowest BCUT2D eigenvalue weighted by Crippen LogP contribution is -2.24. The maximum Gasteiger partial charge on any atom is 0.220 e. The number of imidazole rings is 1. The summed E-state index contributed by atoms with van der Waals surface area (Å²) in [5, 5.41) is 3.05. The van der Waals surface area contributed by atoms with Crippen LogP contribution in [-0.4, -0.2) is 35.7 Å². The number of fused-ring (bicyclic) bond motifs is 1. The molecular formula is C30H35N3O3. The van der Waals surface area contributed by atoms with Crippen molar-refractivity contribution < 1.29 is 14.3 Å². The van der Waals surface area contributed by atoms with Crippen molar-refractivity contribution in [2.75, 3.05) is 20.3 Å². The number of carbonyl (C=O) groups excluding carboxylic acids is 1. The molecule has 3 aromatic carbocycles. The van der Waals surface area contributed by atoms with Crippen LogP contribution in [0.15, 0.2) is 78.9 Å². The zero-order valence-corrected chi connectivity index (χ0v) is 21.0. The fourth-order valence-electron chi connectivity index (χ4n) is 4.30. The van der Waals surface area contributed by atoms with E-state index in [9.17, 15) is 4.79 Å². The third kappa shape index (κ3) is 7.35. The highest BCUT2D eigenvalue weighted by molar-refractivity contribution is 5.76. The number of nitrogens with zero attached hydrogens (tertiary/aromatic N) is 2. The van der Waals surface area contributed by atoms with Gasteiger partial charge in [-0.15, -0.1) is 0 Å². The van der Waals surface area contributed by atoms with Crippen LogP contribution in [0, 0.1) is 0 Å². The molecule has 0 atom stereocenters. The number of methoxy groups -OCH3 is 1. The standard InChI is InChI=1S/C30H35N3O3/c1-35-25-16-18-26(19-17-25)36-23-22-33-28-13-8-7-12-27(28)32-29(33)14-6-3-9-21-31-30(34)20-15-24-10-4-2-5-11-24/h2,4-5,7-8,10-13,16-19H,3,6,9,14-15,20-23H2,1H3,(H,31,34). The quantitative estimate of drug-likeness (QED) is 0.237. The lowest BCUT2D eigenvalue weighted by Gasteiger charge is -2.11. The molecule has 6 nitrogen and oxygen atoms in total. The lowest BCUT2D eigenvalue weighted by atomic mass is 10.1. The van der Waals surface area contributed by atoms with Gasteiger partial charge in [0.1, 0.15) is 23.9 Å². The number of carbonyl (C=O) groups is 1. The summed E-state index contributed by atoms with van der Waals surface area (Å²) >= 11 is 0. The average molecular weight is 486 g/mol. The van der Waals surface area contributed by atoms with Gasteiger partial charge in [0, 0.05) is 19.4 Å². The number of amides is 1. The van der Waals surface area contributed by atoms with Crippen LogP contribution in [0.5, 0.6) is 11.5 Å². The molecule has 0 spiro atoms. The van der Waals surface area contributed by atoms with Gasteiger partial charge in [0.15, 0.2) is 0 Å². The van der Waals surface area contributed by atoms with E-state index in [1.165, 1.54) is 5.56 Å². The van der Waals surface area contributed by atoms with Crippen molar-refractivity contribution in [2.24, 2.45) is 0 Å². The molecule has 1 N–H and O–H groups in total. The second kappa shape index (κ2) is 13.3. The molecule has 6 heteroatoms. The van der Waals surface area contributed by atoms with Gasteiger partial charge in [0.05, 0.1) is 24.7 Å². The molecule has 1 amide bonds. The van der Waals surface area contributed by atoms with E-state index in [1.807, 2.05) is 48.5 Å². The first-order valence-corrected chi connectivity index (χ1v) is 12.7. The van der Waals surface area contributed by atoms with Crippen LogP contribution in [0.4, 0.5) is 0 Å². The van der Waals surface area contributed by atoms with Crippen LogP contribution < -0.4 is 14.8 Å². The van der Waals surface area contributed by atoms with Gasteiger partial charge in [-0.1, -0.05) is 48.9 Å². The predicted octanol–water partition coefficient (Wildman–Crippen LogP) is 5.59. The van der Waals surface area contributed by atoms with E-state index in [1.54, 1.807) is 7.11 Å². The average Bonchev–Trinajstić information content (AvgIpc) is 3.27. The molecule has 36 heavy (non-hydrogen) atoms. The summed E-state index contributed by atoms with van der Waals surface area (Å²) in [6.07, 6.45) is 5.27. The molecule has 1 heterocycles. The fourth-order valence-corrected chi connectivity index (χ4v) is 4.30. The molecule has 0 bridgehead atoms. The van der Waals surface area contributed by atoms with Gasteiger partial charge >= 0.3 is 0 Å². The molecule has 188 valence electrons. The van der Waals surface area contributed by atoms with E-state index in [-0.39, 0.29) is 5.91 Å². The summed E-state index contributed by atoms with van der Waals surface area (Å²) in [6, 6.07) is 26.0. The Morgan fingerprint density at radius 3 is 2.42 bits per heavy atom. The maximum absolute atomic E-state index is 12.1. The maximum atomic E-state index is 12.1. The summed E-state index contributed by atoms with van der Waals surface area (Å²) < 4.78 is 13.4. The Bertz CT molecular complexity index is 1220. The molecule has 1 aromatic heterocycles. The number of nitrogens with one attached hydrogen (secondary N) is 1. The van der Waals surface area contributed by atoms with Crippen molar-refractivity contribution >= 4 is 16.9 Å². The van der Waals surface area contributed by atoms with Crippen molar-refractivity contribution in [3.8, 4) is 11.5 Å². The van der Waals surface area contributed by atoms with Crippen LogP contribution in [0.25, 0.3) is 11.0 Å². The predicted molar refractivity (Wildman–Crippen MR) is 144 cm³/mol. The van der Waals surface area contributed by atoms with E-state index in [4.69, 9.17) is 14.5 Å².